The van der Waals surface area contributed by atoms with Gasteiger partial charge in [0.15, 0.2) is 0 Å². The fourth-order valence-corrected chi connectivity index (χ4v) is 11.3. The minimum absolute atomic E-state index is 1.08. The summed E-state index contributed by atoms with van der Waals surface area (Å²) in [5.41, 5.74) is 14.0. The molecule has 0 aliphatic rings. The third-order valence-electron chi connectivity index (χ3n) is 13.2. The van der Waals surface area contributed by atoms with Gasteiger partial charge < -0.3 is 9.47 Å². The van der Waals surface area contributed by atoms with Crippen LogP contribution in [0.1, 0.15) is 0 Å². The number of thiophene rings is 1. The topological polar surface area (TPSA) is 8.17 Å². The van der Waals surface area contributed by atoms with Crippen molar-refractivity contribution in [3.05, 3.63) is 243 Å². The first kappa shape index (κ1) is 37.3. The Bertz CT molecular complexity index is 3930. The quantitative estimate of drug-likeness (QED) is 0.155. The van der Waals surface area contributed by atoms with Gasteiger partial charge in [0.2, 0.25) is 0 Å². The lowest BCUT2D eigenvalue weighted by molar-refractivity contribution is 1.15. The lowest BCUT2D eigenvalue weighted by Crippen LogP contribution is -2.13. The molecular weight excluding hydrogens is 805 g/mol. The largest absolute Gasteiger partial charge is 0.308 e. The van der Waals surface area contributed by atoms with Crippen molar-refractivity contribution in [3.8, 4) is 39.1 Å². The molecule has 0 saturated heterocycles. The molecule has 65 heavy (non-hydrogen) atoms. The molecule has 13 aromatic rings. The van der Waals surface area contributed by atoms with E-state index < -0.39 is 0 Å². The van der Waals surface area contributed by atoms with Crippen molar-refractivity contribution in [1.29, 1.82) is 0 Å². The lowest BCUT2D eigenvalue weighted by Gasteiger charge is -2.29. The molecule has 0 unspecified atom stereocenters. The summed E-state index contributed by atoms with van der Waals surface area (Å²) in [5, 5.41) is 10.1. The number of para-hydroxylation sites is 3. The molecule has 0 fully saturated rings. The summed E-state index contributed by atoms with van der Waals surface area (Å²) in [4.78, 5) is 2.43. The van der Waals surface area contributed by atoms with Crippen molar-refractivity contribution in [1.82, 2.24) is 4.57 Å². The summed E-state index contributed by atoms with van der Waals surface area (Å²) in [5.74, 6) is 0. The first-order chi connectivity index (χ1) is 32.2. The van der Waals surface area contributed by atoms with Gasteiger partial charge in [-0.3, -0.25) is 0 Å². The molecule has 304 valence electrons. The number of hydrogen-bond acceptors (Lipinski definition) is 2. The number of nitrogens with zero attached hydrogens (tertiary/aromatic N) is 2. The van der Waals surface area contributed by atoms with E-state index in [0.717, 1.165) is 22.7 Å². The number of fused-ring (bicyclic) bond motifs is 9. The second-order valence-corrected chi connectivity index (χ2v) is 17.9. The van der Waals surface area contributed by atoms with Crippen LogP contribution in [-0.4, -0.2) is 4.57 Å². The van der Waals surface area contributed by atoms with E-state index in [2.05, 4.69) is 252 Å². The van der Waals surface area contributed by atoms with E-state index in [4.69, 9.17) is 0 Å². The van der Waals surface area contributed by atoms with Crippen molar-refractivity contribution in [3.63, 3.8) is 0 Å². The average Bonchev–Trinajstić information content (AvgIpc) is 3.93. The van der Waals surface area contributed by atoms with Crippen LogP contribution in [0.2, 0.25) is 0 Å². The summed E-state index contributed by atoms with van der Waals surface area (Å²) in [6.45, 7) is 0. The molecule has 0 amide bonds. The number of aromatic nitrogens is 1. The first-order valence-electron chi connectivity index (χ1n) is 22.2. The maximum Gasteiger partial charge on any atom is 0.0702 e. The van der Waals surface area contributed by atoms with E-state index in [-0.39, 0.29) is 0 Å². The summed E-state index contributed by atoms with van der Waals surface area (Å²) >= 11 is 1.86. The van der Waals surface area contributed by atoms with Crippen LogP contribution in [0.25, 0.3) is 103 Å². The highest BCUT2D eigenvalue weighted by Crippen LogP contribution is 2.45. The highest BCUT2D eigenvalue weighted by Gasteiger charge is 2.22. The summed E-state index contributed by atoms with van der Waals surface area (Å²) in [7, 11) is 0. The number of hydrogen-bond donors (Lipinski definition) is 0. The summed E-state index contributed by atoms with van der Waals surface area (Å²) in [6.07, 6.45) is 0. The number of rotatable bonds is 7. The Balaban J connectivity index is 0.990. The van der Waals surface area contributed by atoms with Gasteiger partial charge in [-0.15, -0.1) is 11.3 Å². The molecule has 0 aliphatic carbocycles. The summed E-state index contributed by atoms with van der Waals surface area (Å²) in [6, 6.07) is 89.0. The van der Waals surface area contributed by atoms with Crippen molar-refractivity contribution in [2.24, 2.45) is 0 Å². The third-order valence-corrected chi connectivity index (χ3v) is 14.3. The highest BCUT2D eigenvalue weighted by molar-refractivity contribution is 7.25. The molecule has 0 radical (unpaired) electrons. The molecule has 0 aliphatic heterocycles. The van der Waals surface area contributed by atoms with E-state index in [1.807, 2.05) is 11.3 Å². The van der Waals surface area contributed by atoms with Crippen molar-refractivity contribution in [2.75, 3.05) is 4.90 Å². The predicted octanol–water partition coefficient (Wildman–Crippen LogP) is 17.9. The average molecular weight is 845 g/mol. The minimum atomic E-state index is 1.08. The molecule has 2 aromatic heterocycles. The van der Waals surface area contributed by atoms with Gasteiger partial charge in [0.1, 0.15) is 0 Å². The Kier molecular flexibility index (Phi) is 8.75. The van der Waals surface area contributed by atoms with Gasteiger partial charge in [-0.25, -0.2) is 0 Å². The van der Waals surface area contributed by atoms with Crippen LogP contribution < -0.4 is 4.90 Å². The fraction of sp³-hybridized carbons (Fsp3) is 0. The molecule has 0 spiro atoms. The van der Waals surface area contributed by atoms with Crippen molar-refractivity contribution in [2.45, 2.75) is 0 Å². The van der Waals surface area contributed by atoms with Gasteiger partial charge in [0.25, 0.3) is 0 Å². The second kappa shape index (κ2) is 15.2. The zero-order valence-corrected chi connectivity index (χ0v) is 36.2. The predicted molar refractivity (Wildman–Crippen MR) is 280 cm³/mol. The smallest absolute Gasteiger partial charge is 0.0702 e. The Morgan fingerprint density at radius 3 is 1.69 bits per heavy atom. The van der Waals surface area contributed by atoms with Crippen LogP contribution in [0.3, 0.4) is 0 Å². The maximum absolute atomic E-state index is 2.46. The zero-order valence-electron chi connectivity index (χ0n) is 35.4. The molecule has 0 N–H and O–H groups in total. The standard InChI is InChI=1S/C62H40N2S/c1-2-14-42(15-3-1)49-22-12-17-45-18-13-23-50(61(45)49)44-30-36-48(37-31-44)63(47-34-28-41(29-35-47)46-33-39-60-54(40-46)52-20-7-11-27-59(52)65-60)56-25-9-10-26-57(56)64-55-24-8-6-21-53(55)62-51-19-5-4-16-43(51)32-38-58(62)64/h1-40H. The Morgan fingerprint density at radius 2 is 0.908 bits per heavy atom. The molecule has 0 bridgehead atoms. The van der Waals surface area contributed by atoms with Crippen LogP contribution in [0.5, 0.6) is 0 Å². The van der Waals surface area contributed by atoms with E-state index in [1.54, 1.807) is 0 Å². The van der Waals surface area contributed by atoms with Gasteiger partial charge in [-0.2, -0.15) is 0 Å². The van der Waals surface area contributed by atoms with Crippen LogP contribution in [-0.2, 0) is 0 Å². The fourth-order valence-electron chi connectivity index (χ4n) is 10.2. The molecule has 3 heteroatoms. The Morgan fingerprint density at radius 1 is 0.323 bits per heavy atom. The first-order valence-corrected chi connectivity index (χ1v) is 23.1. The molecule has 2 heterocycles. The Labute approximate surface area is 381 Å². The monoisotopic (exact) mass is 844 g/mol. The summed E-state index contributed by atoms with van der Waals surface area (Å²) < 4.78 is 5.10. The van der Waals surface area contributed by atoms with E-state index in [9.17, 15) is 0 Å². The molecule has 0 atom stereocenters. The van der Waals surface area contributed by atoms with Gasteiger partial charge in [-0.1, -0.05) is 176 Å². The van der Waals surface area contributed by atoms with Crippen LogP contribution in [0.15, 0.2) is 243 Å². The van der Waals surface area contributed by atoms with Crippen molar-refractivity contribution < 1.29 is 0 Å². The minimum Gasteiger partial charge on any atom is -0.308 e. The van der Waals surface area contributed by atoms with Crippen LogP contribution in [0.4, 0.5) is 17.1 Å². The molecule has 2 nitrogen and oxygen atoms in total. The zero-order chi connectivity index (χ0) is 42.8. The molecular formula is C62H40N2S. The van der Waals surface area contributed by atoms with E-state index >= 15 is 0 Å². The van der Waals surface area contributed by atoms with Crippen molar-refractivity contribution >= 4 is 91.9 Å². The second-order valence-electron chi connectivity index (χ2n) is 16.8. The van der Waals surface area contributed by atoms with Gasteiger partial charge in [0, 0.05) is 42.3 Å². The molecule has 0 saturated carbocycles. The SMILES string of the molecule is c1ccc(-c2cccc3cccc(-c4ccc(N(c5ccc(-c6ccc7sc8ccccc8c7c6)cc5)c5ccccc5-n5c6ccccc6c6c7ccccc7ccc65)cc4)c23)cc1. The number of anilines is 3. The van der Waals surface area contributed by atoms with Gasteiger partial charge in [-0.05, 0) is 122 Å². The van der Waals surface area contributed by atoms with Crippen LogP contribution >= 0.6 is 11.3 Å². The highest BCUT2D eigenvalue weighted by atomic mass is 32.1. The van der Waals surface area contributed by atoms with E-state index in [0.29, 0.717) is 0 Å². The van der Waals surface area contributed by atoms with Gasteiger partial charge in [0.05, 0.1) is 22.4 Å². The Hall–Kier alpha value is -8.24. The molecule has 11 aromatic carbocycles. The molecule has 13 rings (SSSR count). The van der Waals surface area contributed by atoms with Gasteiger partial charge >= 0.3 is 0 Å². The normalized spacial score (nSPS) is 11.7. The number of benzene rings is 11. The van der Waals surface area contributed by atoms with E-state index in [1.165, 1.54) is 96.9 Å². The maximum atomic E-state index is 2.46. The third kappa shape index (κ3) is 6.16. The lowest BCUT2D eigenvalue weighted by atomic mass is 9.91. The van der Waals surface area contributed by atoms with Crippen LogP contribution in [0, 0.1) is 0 Å².